The van der Waals surface area contributed by atoms with Crippen molar-refractivity contribution in [1.82, 2.24) is 10.3 Å². The van der Waals surface area contributed by atoms with Crippen LogP contribution in [-0.2, 0) is 4.74 Å². The molecule has 1 rings (SSSR count). The molecule has 1 aromatic heterocycles. The third kappa shape index (κ3) is 4.27. The number of hydrogen-bond acceptors (Lipinski definition) is 4. The summed E-state index contributed by atoms with van der Waals surface area (Å²) in [5.74, 6) is 0.389. The average Bonchev–Trinajstić information content (AvgIpc) is 2.36. The molecule has 0 aromatic carbocycles. The number of hydrogen-bond donors (Lipinski definition) is 2. The highest BCUT2D eigenvalue weighted by atomic mass is 79.9. The van der Waals surface area contributed by atoms with Crippen LogP contribution in [0.2, 0.25) is 0 Å². The minimum atomic E-state index is -0.166. The van der Waals surface area contributed by atoms with Crippen molar-refractivity contribution in [3.8, 4) is 0 Å². The molecule has 1 amide bonds. The Kier molecular flexibility index (Phi) is 6.07. The highest BCUT2D eigenvalue weighted by Gasteiger charge is 2.14. The lowest BCUT2D eigenvalue weighted by Crippen LogP contribution is -2.36. The van der Waals surface area contributed by atoms with E-state index in [-0.39, 0.29) is 11.9 Å². The van der Waals surface area contributed by atoms with Crippen LogP contribution < -0.4 is 10.6 Å². The second-order valence-corrected chi connectivity index (χ2v) is 4.75. The van der Waals surface area contributed by atoms with Gasteiger partial charge in [-0.3, -0.25) is 4.79 Å². The fourth-order valence-electron chi connectivity index (χ4n) is 1.45. The van der Waals surface area contributed by atoms with Crippen molar-refractivity contribution in [3.63, 3.8) is 0 Å². The van der Waals surface area contributed by atoms with Crippen molar-refractivity contribution in [2.45, 2.75) is 19.9 Å². The third-order valence-corrected chi connectivity index (χ3v) is 2.72. The second kappa shape index (κ2) is 7.33. The van der Waals surface area contributed by atoms with Crippen molar-refractivity contribution < 1.29 is 9.53 Å². The molecule has 18 heavy (non-hydrogen) atoms. The van der Waals surface area contributed by atoms with Gasteiger partial charge in [-0.15, -0.1) is 0 Å². The lowest BCUT2D eigenvalue weighted by atomic mass is 10.2. The number of carbonyl (C=O) groups excluding carboxylic acids is 1. The van der Waals surface area contributed by atoms with E-state index in [1.54, 1.807) is 19.3 Å². The van der Waals surface area contributed by atoms with Gasteiger partial charge in [0.1, 0.15) is 5.82 Å². The number of pyridine rings is 1. The van der Waals surface area contributed by atoms with E-state index < -0.39 is 0 Å². The molecular formula is C12H18BrN3O2. The van der Waals surface area contributed by atoms with Crippen LogP contribution in [0.4, 0.5) is 5.82 Å². The maximum atomic E-state index is 12.1. The molecule has 6 heteroatoms. The van der Waals surface area contributed by atoms with Gasteiger partial charge < -0.3 is 15.4 Å². The first-order valence-electron chi connectivity index (χ1n) is 5.80. The Morgan fingerprint density at radius 2 is 2.33 bits per heavy atom. The predicted molar refractivity (Wildman–Crippen MR) is 74.9 cm³/mol. The molecule has 0 radical (unpaired) electrons. The number of halogens is 1. The van der Waals surface area contributed by atoms with Crippen LogP contribution in [0, 0.1) is 0 Å². The molecule has 0 bridgehead atoms. The fourth-order valence-corrected chi connectivity index (χ4v) is 1.78. The van der Waals surface area contributed by atoms with Gasteiger partial charge >= 0.3 is 0 Å². The number of ether oxygens (including phenoxy) is 1. The maximum absolute atomic E-state index is 12.1. The Bertz CT molecular complexity index is 412. The molecule has 0 aliphatic heterocycles. The number of carbonyl (C=O) groups is 1. The molecular weight excluding hydrogens is 298 g/mol. The van der Waals surface area contributed by atoms with Gasteiger partial charge in [0.2, 0.25) is 0 Å². The van der Waals surface area contributed by atoms with Crippen LogP contribution in [0.5, 0.6) is 0 Å². The van der Waals surface area contributed by atoms with Crippen LogP contribution in [0.1, 0.15) is 24.2 Å². The number of nitrogens with one attached hydrogen (secondary N) is 2. The molecule has 0 saturated carbocycles. The molecule has 0 spiro atoms. The van der Waals surface area contributed by atoms with E-state index in [0.29, 0.717) is 24.6 Å². The van der Waals surface area contributed by atoms with E-state index in [1.807, 2.05) is 13.8 Å². The lowest BCUT2D eigenvalue weighted by molar-refractivity contribution is 0.0872. The van der Waals surface area contributed by atoms with Crippen molar-refractivity contribution in [2.24, 2.45) is 0 Å². The normalized spacial score (nSPS) is 12.0. The number of amides is 1. The van der Waals surface area contributed by atoms with Gasteiger partial charge in [-0.25, -0.2) is 4.98 Å². The summed E-state index contributed by atoms with van der Waals surface area (Å²) in [7, 11) is 1.73. The Labute approximate surface area is 115 Å². The summed E-state index contributed by atoms with van der Waals surface area (Å²) in [6.45, 7) is 4.96. The largest absolute Gasteiger partial charge is 0.380 e. The molecule has 100 valence electrons. The lowest BCUT2D eigenvalue weighted by Gasteiger charge is -2.15. The van der Waals surface area contributed by atoms with Crippen LogP contribution in [0.3, 0.4) is 0 Å². The van der Waals surface area contributed by atoms with E-state index >= 15 is 0 Å². The number of anilines is 1. The van der Waals surface area contributed by atoms with Gasteiger partial charge in [-0.2, -0.15) is 0 Å². The van der Waals surface area contributed by atoms with Gasteiger partial charge in [-0.05, 0) is 35.8 Å². The van der Waals surface area contributed by atoms with E-state index in [2.05, 4.69) is 31.5 Å². The zero-order chi connectivity index (χ0) is 13.5. The molecule has 1 heterocycles. The number of nitrogens with zero attached hydrogens (tertiary/aromatic N) is 1. The van der Waals surface area contributed by atoms with E-state index in [1.165, 1.54) is 0 Å². The standard InChI is InChI=1S/C12H18BrN3O2/c1-4-18-7-8(2)16-12(17)10-5-9(13)6-15-11(10)14-3/h5-6,8H,4,7H2,1-3H3,(H,14,15)(H,16,17). The van der Waals surface area contributed by atoms with Crippen LogP contribution in [-0.4, -0.2) is 37.2 Å². The molecule has 0 fully saturated rings. The summed E-state index contributed by atoms with van der Waals surface area (Å²) in [4.78, 5) is 16.2. The average molecular weight is 316 g/mol. The number of rotatable bonds is 6. The maximum Gasteiger partial charge on any atom is 0.255 e. The highest BCUT2D eigenvalue weighted by Crippen LogP contribution is 2.17. The molecule has 5 nitrogen and oxygen atoms in total. The van der Waals surface area contributed by atoms with Crippen LogP contribution >= 0.6 is 15.9 Å². The summed E-state index contributed by atoms with van der Waals surface area (Å²) >= 11 is 3.31. The topological polar surface area (TPSA) is 63.2 Å². The Hall–Kier alpha value is -1.14. The summed E-state index contributed by atoms with van der Waals surface area (Å²) in [5.41, 5.74) is 0.509. The van der Waals surface area contributed by atoms with Crippen LogP contribution in [0.15, 0.2) is 16.7 Å². The van der Waals surface area contributed by atoms with Crippen LogP contribution in [0.25, 0.3) is 0 Å². The summed E-state index contributed by atoms with van der Waals surface area (Å²) < 4.78 is 6.02. The first kappa shape index (κ1) is 14.9. The molecule has 0 saturated heterocycles. The monoisotopic (exact) mass is 315 g/mol. The van der Waals surface area contributed by atoms with E-state index in [4.69, 9.17) is 4.74 Å². The van der Waals surface area contributed by atoms with Gasteiger partial charge in [0.15, 0.2) is 0 Å². The summed E-state index contributed by atoms with van der Waals surface area (Å²) in [5, 5.41) is 5.76. The van der Waals surface area contributed by atoms with Gasteiger partial charge in [0.05, 0.1) is 12.2 Å². The molecule has 1 aromatic rings. The molecule has 0 aliphatic rings. The van der Waals surface area contributed by atoms with E-state index in [0.717, 1.165) is 4.47 Å². The minimum absolute atomic E-state index is 0.0406. The second-order valence-electron chi connectivity index (χ2n) is 3.83. The SMILES string of the molecule is CCOCC(C)NC(=O)c1cc(Br)cnc1NC. The summed E-state index contributed by atoms with van der Waals surface area (Å²) in [6.07, 6.45) is 1.65. The first-order chi connectivity index (χ1) is 8.58. The van der Waals surface area contributed by atoms with Gasteiger partial charge in [0.25, 0.3) is 5.91 Å². The first-order valence-corrected chi connectivity index (χ1v) is 6.59. The number of aromatic nitrogens is 1. The molecule has 0 aliphatic carbocycles. The summed E-state index contributed by atoms with van der Waals surface area (Å²) in [6, 6.07) is 1.70. The minimum Gasteiger partial charge on any atom is -0.380 e. The van der Waals surface area contributed by atoms with Crippen molar-refractivity contribution in [2.75, 3.05) is 25.6 Å². The Morgan fingerprint density at radius 3 is 2.94 bits per heavy atom. The Morgan fingerprint density at radius 1 is 1.61 bits per heavy atom. The molecule has 1 unspecified atom stereocenters. The Balaban J connectivity index is 2.74. The molecule has 1 atom stereocenters. The smallest absolute Gasteiger partial charge is 0.255 e. The van der Waals surface area contributed by atoms with Gasteiger partial charge in [0, 0.05) is 30.4 Å². The third-order valence-electron chi connectivity index (χ3n) is 2.29. The predicted octanol–water partition coefficient (Wildman–Crippen LogP) is 2.04. The zero-order valence-corrected chi connectivity index (χ0v) is 12.4. The zero-order valence-electron chi connectivity index (χ0n) is 10.8. The van der Waals surface area contributed by atoms with Gasteiger partial charge in [-0.1, -0.05) is 0 Å². The molecule has 2 N–H and O–H groups in total. The van der Waals surface area contributed by atoms with Crippen molar-refractivity contribution in [3.05, 3.63) is 22.3 Å². The van der Waals surface area contributed by atoms with Crippen molar-refractivity contribution >= 4 is 27.7 Å². The fraction of sp³-hybridized carbons (Fsp3) is 0.500. The van der Waals surface area contributed by atoms with Crippen molar-refractivity contribution in [1.29, 1.82) is 0 Å². The van der Waals surface area contributed by atoms with E-state index in [9.17, 15) is 4.79 Å². The quantitative estimate of drug-likeness (QED) is 0.843. The highest BCUT2D eigenvalue weighted by molar-refractivity contribution is 9.10.